The van der Waals surface area contributed by atoms with Crippen LogP contribution in [0.25, 0.3) is 0 Å². The number of benzene rings is 2. The molecule has 0 saturated carbocycles. The average molecular weight is 514 g/mol. The Hall–Kier alpha value is -2.54. The molecule has 9 nitrogen and oxygen atoms in total. The third-order valence-electron chi connectivity index (χ3n) is 5.49. The highest BCUT2D eigenvalue weighted by molar-refractivity contribution is 7.89. The van der Waals surface area contributed by atoms with Crippen LogP contribution in [0, 0.1) is 5.82 Å². The number of piperidine rings is 1. The molecule has 0 unspecified atom stereocenters. The second kappa shape index (κ2) is 10.8. The summed E-state index contributed by atoms with van der Waals surface area (Å²) in [7, 11) is -6.25. The van der Waals surface area contributed by atoms with E-state index in [2.05, 4.69) is 5.32 Å². The Morgan fingerprint density at radius 1 is 1.09 bits per heavy atom. The van der Waals surface area contributed by atoms with E-state index in [1.807, 2.05) is 0 Å². The number of halogens is 1. The molecular formula is C22H28FN3O6S2. The molecule has 1 amide bonds. The summed E-state index contributed by atoms with van der Waals surface area (Å²) in [6.07, 6.45) is 3.46. The predicted molar refractivity (Wildman–Crippen MR) is 126 cm³/mol. The molecule has 1 saturated heterocycles. The Morgan fingerprint density at radius 2 is 1.76 bits per heavy atom. The average Bonchev–Trinajstić information content (AvgIpc) is 2.80. The first-order valence-corrected chi connectivity index (χ1v) is 14.0. The van der Waals surface area contributed by atoms with Gasteiger partial charge in [-0.05, 0) is 37.1 Å². The summed E-state index contributed by atoms with van der Waals surface area (Å²) in [6, 6.07) is 9.81. The first-order valence-electron chi connectivity index (χ1n) is 10.7. The van der Waals surface area contributed by atoms with E-state index >= 15 is 0 Å². The topological polar surface area (TPSA) is 113 Å². The quantitative estimate of drug-likeness (QED) is 0.551. The molecule has 34 heavy (non-hydrogen) atoms. The maximum Gasteiger partial charge on any atom is 0.243 e. The monoisotopic (exact) mass is 513 g/mol. The van der Waals surface area contributed by atoms with Crippen LogP contribution >= 0.6 is 0 Å². The third kappa shape index (κ3) is 6.32. The molecule has 1 N–H and O–H groups in total. The van der Waals surface area contributed by atoms with E-state index in [-0.39, 0.29) is 28.4 Å². The van der Waals surface area contributed by atoms with Gasteiger partial charge in [0, 0.05) is 25.2 Å². The van der Waals surface area contributed by atoms with Crippen molar-refractivity contribution in [2.45, 2.75) is 30.7 Å². The molecule has 0 aliphatic carbocycles. The zero-order valence-electron chi connectivity index (χ0n) is 19.0. The number of carbonyl (C=O) groups excluding carboxylic acids is 1. The van der Waals surface area contributed by atoms with Crippen molar-refractivity contribution < 1.29 is 30.8 Å². The number of sulfonamides is 2. The van der Waals surface area contributed by atoms with Gasteiger partial charge in [0.05, 0.1) is 30.5 Å². The van der Waals surface area contributed by atoms with E-state index in [0.29, 0.717) is 13.1 Å². The minimum atomic E-state index is -3.86. The van der Waals surface area contributed by atoms with Crippen LogP contribution in [0.3, 0.4) is 0 Å². The third-order valence-corrected chi connectivity index (χ3v) is 8.58. The molecule has 0 spiro atoms. The molecule has 1 heterocycles. The number of ether oxygens (including phenoxy) is 1. The standard InChI is InChI=1S/C22H28FN3O6S2/c1-32-21-11-10-18(34(30,31)25-12-6-3-7-13-25)14-20(21)24-22(27)16-26(33(2,28)29)15-17-8-4-5-9-19(17)23/h4-5,8-11,14H,3,6-7,12-13,15-16H2,1-2H3,(H,24,27). The second-order valence-electron chi connectivity index (χ2n) is 8.00. The van der Waals surface area contributed by atoms with Crippen molar-refractivity contribution in [3.63, 3.8) is 0 Å². The van der Waals surface area contributed by atoms with E-state index in [9.17, 15) is 26.0 Å². The maximum atomic E-state index is 14.0. The van der Waals surface area contributed by atoms with Gasteiger partial charge in [-0.1, -0.05) is 24.6 Å². The summed E-state index contributed by atoms with van der Waals surface area (Å²) in [6.45, 7) is -0.0797. The van der Waals surface area contributed by atoms with E-state index < -0.39 is 38.3 Å². The van der Waals surface area contributed by atoms with Crippen LogP contribution in [0.4, 0.5) is 10.1 Å². The van der Waals surface area contributed by atoms with Gasteiger partial charge in [0.1, 0.15) is 11.6 Å². The number of nitrogens with zero attached hydrogens (tertiary/aromatic N) is 2. The fourth-order valence-corrected chi connectivity index (χ4v) is 5.93. The lowest BCUT2D eigenvalue weighted by Gasteiger charge is -2.26. The van der Waals surface area contributed by atoms with Crippen molar-refractivity contribution in [1.29, 1.82) is 0 Å². The summed E-state index contributed by atoms with van der Waals surface area (Å²) < 4.78 is 72.0. The molecule has 12 heteroatoms. The number of carbonyl (C=O) groups is 1. The Kier molecular flexibility index (Phi) is 8.29. The highest BCUT2D eigenvalue weighted by Crippen LogP contribution is 2.30. The molecule has 186 valence electrons. The molecule has 2 aromatic rings. The molecule has 0 bridgehead atoms. The zero-order valence-corrected chi connectivity index (χ0v) is 20.7. The summed E-state index contributed by atoms with van der Waals surface area (Å²) >= 11 is 0. The van der Waals surface area contributed by atoms with Crippen molar-refractivity contribution in [3.8, 4) is 5.75 Å². The SMILES string of the molecule is COc1ccc(S(=O)(=O)N2CCCCC2)cc1NC(=O)CN(Cc1ccccc1F)S(C)(=O)=O. The van der Waals surface area contributed by atoms with Crippen molar-refractivity contribution >= 4 is 31.6 Å². The van der Waals surface area contributed by atoms with Gasteiger partial charge in [0.25, 0.3) is 0 Å². The van der Waals surface area contributed by atoms with Crippen LogP contribution < -0.4 is 10.1 Å². The molecule has 3 rings (SSSR count). The molecule has 0 atom stereocenters. The normalized spacial score (nSPS) is 15.3. The lowest BCUT2D eigenvalue weighted by molar-refractivity contribution is -0.116. The Bertz CT molecular complexity index is 1250. The fraction of sp³-hybridized carbons (Fsp3) is 0.409. The van der Waals surface area contributed by atoms with Gasteiger partial charge in [-0.2, -0.15) is 8.61 Å². The van der Waals surface area contributed by atoms with Crippen LogP contribution in [0.2, 0.25) is 0 Å². The number of hydrogen-bond donors (Lipinski definition) is 1. The molecule has 1 aliphatic rings. The Balaban J connectivity index is 1.82. The first kappa shape index (κ1) is 26.1. The molecule has 1 fully saturated rings. The van der Waals surface area contributed by atoms with Gasteiger partial charge in [-0.15, -0.1) is 0 Å². The van der Waals surface area contributed by atoms with Crippen LogP contribution in [-0.2, 0) is 31.4 Å². The summed E-state index contributed by atoms with van der Waals surface area (Å²) in [4.78, 5) is 12.7. The van der Waals surface area contributed by atoms with Gasteiger partial charge in [0.2, 0.25) is 26.0 Å². The summed E-state index contributed by atoms with van der Waals surface area (Å²) in [5, 5.41) is 2.53. The highest BCUT2D eigenvalue weighted by atomic mass is 32.2. The van der Waals surface area contributed by atoms with E-state index in [4.69, 9.17) is 4.74 Å². The molecule has 0 radical (unpaired) electrons. The van der Waals surface area contributed by atoms with Crippen LogP contribution in [-0.4, -0.2) is 64.4 Å². The fourth-order valence-electron chi connectivity index (χ4n) is 3.66. The number of hydrogen-bond acceptors (Lipinski definition) is 6. The van der Waals surface area contributed by atoms with E-state index in [1.54, 1.807) is 6.07 Å². The van der Waals surface area contributed by atoms with Crippen molar-refractivity contribution in [3.05, 3.63) is 53.8 Å². The molecule has 0 aromatic heterocycles. The molecule has 2 aromatic carbocycles. The Labute approximate surface area is 199 Å². The second-order valence-corrected chi connectivity index (χ2v) is 11.9. The van der Waals surface area contributed by atoms with Crippen molar-refractivity contribution in [2.75, 3.05) is 38.3 Å². The number of methoxy groups -OCH3 is 1. The van der Waals surface area contributed by atoms with Crippen LogP contribution in [0.15, 0.2) is 47.4 Å². The van der Waals surface area contributed by atoms with Crippen molar-refractivity contribution in [1.82, 2.24) is 8.61 Å². The van der Waals surface area contributed by atoms with E-state index in [0.717, 1.165) is 29.8 Å². The molecule has 1 aliphatic heterocycles. The Morgan fingerprint density at radius 3 is 2.38 bits per heavy atom. The van der Waals surface area contributed by atoms with E-state index in [1.165, 1.54) is 47.8 Å². The van der Waals surface area contributed by atoms with Crippen LogP contribution in [0.1, 0.15) is 24.8 Å². The summed E-state index contributed by atoms with van der Waals surface area (Å²) in [5.41, 5.74) is 0.206. The van der Waals surface area contributed by atoms with Gasteiger partial charge in [0.15, 0.2) is 0 Å². The lowest BCUT2D eigenvalue weighted by atomic mass is 10.2. The van der Waals surface area contributed by atoms with Gasteiger partial charge in [-0.25, -0.2) is 21.2 Å². The zero-order chi connectivity index (χ0) is 24.9. The van der Waals surface area contributed by atoms with Gasteiger partial charge >= 0.3 is 0 Å². The minimum Gasteiger partial charge on any atom is -0.495 e. The van der Waals surface area contributed by atoms with Crippen molar-refractivity contribution in [2.24, 2.45) is 0 Å². The molecular weight excluding hydrogens is 485 g/mol. The number of anilines is 1. The lowest BCUT2D eigenvalue weighted by Crippen LogP contribution is -2.37. The highest BCUT2D eigenvalue weighted by Gasteiger charge is 2.27. The van der Waals surface area contributed by atoms with Gasteiger partial charge in [-0.3, -0.25) is 4.79 Å². The number of amides is 1. The number of rotatable bonds is 9. The first-order chi connectivity index (χ1) is 16.0. The largest absolute Gasteiger partial charge is 0.495 e. The van der Waals surface area contributed by atoms with Crippen LogP contribution in [0.5, 0.6) is 5.75 Å². The summed E-state index contributed by atoms with van der Waals surface area (Å²) in [5.74, 6) is -1.10. The predicted octanol–water partition coefficient (Wildman–Crippen LogP) is 2.41. The smallest absolute Gasteiger partial charge is 0.243 e. The number of nitrogens with one attached hydrogen (secondary N) is 1. The maximum absolute atomic E-state index is 14.0. The van der Waals surface area contributed by atoms with Gasteiger partial charge < -0.3 is 10.1 Å². The minimum absolute atomic E-state index is 0.00294.